The molecule has 0 unspecified atom stereocenters. The van der Waals surface area contributed by atoms with Crippen molar-refractivity contribution >= 4 is 5.91 Å². The largest absolute Gasteiger partial charge is 0.336 e. The van der Waals surface area contributed by atoms with Crippen LogP contribution in [0.5, 0.6) is 0 Å². The van der Waals surface area contributed by atoms with Gasteiger partial charge in [-0.3, -0.25) is 4.79 Å². The maximum Gasteiger partial charge on any atom is 0.249 e. The summed E-state index contributed by atoms with van der Waals surface area (Å²) in [6.07, 6.45) is 2.94. The van der Waals surface area contributed by atoms with Crippen molar-refractivity contribution in [3.8, 4) is 0 Å². The molecule has 80 valence electrons. The minimum Gasteiger partial charge on any atom is -0.336 e. The molecule has 1 saturated heterocycles. The molecule has 0 aromatic rings. The monoisotopic (exact) mass is 196 g/mol. The van der Waals surface area contributed by atoms with Gasteiger partial charge in [0.2, 0.25) is 5.91 Å². The van der Waals surface area contributed by atoms with Crippen LogP contribution in [-0.2, 0) is 4.79 Å². The Hall–Kier alpha value is -0.830. The minimum atomic E-state index is 0.208. The van der Waals surface area contributed by atoms with Gasteiger partial charge in [-0.2, -0.15) is 0 Å². The third-order valence-electron chi connectivity index (χ3n) is 2.64. The van der Waals surface area contributed by atoms with Gasteiger partial charge >= 0.3 is 0 Å². The summed E-state index contributed by atoms with van der Waals surface area (Å²) in [5.74, 6) is 0.208. The first-order chi connectivity index (χ1) is 6.65. The van der Waals surface area contributed by atoms with E-state index in [9.17, 15) is 4.79 Å². The van der Waals surface area contributed by atoms with Crippen LogP contribution >= 0.6 is 0 Å². The third-order valence-corrected chi connectivity index (χ3v) is 2.64. The molecule has 3 nitrogen and oxygen atoms in total. The second-order valence-electron chi connectivity index (χ2n) is 3.89. The summed E-state index contributed by atoms with van der Waals surface area (Å²) in [4.78, 5) is 16.0. The average molecular weight is 196 g/mol. The van der Waals surface area contributed by atoms with Crippen molar-refractivity contribution in [1.82, 2.24) is 9.80 Å². The van der Waals surface area contributed by atoms with Crippen molar-refractivity contribution in [2.45, 2.75) is 20.3 Å². The molecule has 0 saturated carbocycles. The fraction of sp³-hybridized carbons (Fsp3) is 0.727. The van der Waals surface area contributed by atoms with Gasteiger partial charge in [0.25, 0.3) is 0 Å². The van der Waals surface area contributed by atoms with Crippen LogP contribution in [0.3, 0.4) is 0 Å². The first-order valence-corrected chi connectivity index (χ1v) is 5.29. The fourth-order valence-electron chi connectivity index (χ4n) is 1.65. The summed E-state index contributed by atoms with van der Waals surface area (Å²) in [6, 6.07) is 0. The highest BCUT2D eigenvalue weighted by Crippen LogP contribution is 2.06. The highest BCUT2D eigenvalue weighted by atomic mass is 16.2. The Balaban J connectivity index is 2.49. The molecular formula is C11H20N2O. The number of hydrogen-bond donors (Lipinski definition) is 0. The molecule has 1 fully saturated rings. The van der Waals surface area contributed by atoms with Crippen LogP contribution in [0.1, 0.15) is 20.3 Å². The van der Waals surface area contributed by atoms with Crippen LogP contribution < -0.4 is 0 Å². The Bertz CT molecular complexity index is 227. The lowest BCUT2D eigenvalue weighted by atomic mass is 10.2. The second-order valence-corrected chi connectivity index (χ2v) is 3.89. The zero-order valence-corrected chi connectivity index (χ0v) is 9.42. The van der Waals surface area contributed by atoms with Gasteiger partial charge in [-0.25, -0.2) is 0 Å². The molecule has 1 heterocycles. The van der Waals surface area contributed by atoms with Crippen LogP contribution in [0, 0.1) is 0 Å². The lowest BCUT2D eigenvalue weighted by Gasteiger charge is -2.32. The van der Waals surface area contributed by atoms with E-state index in [2.05, 4.69) is 18.9 Å². The van der Waals surface area contributed by atoms with E-state index in [0.29, 0.717) is 0 Å². The van der Waals surface area contributed by atoms with Crippen LogP contribution in [0.15, 0.2) is 11.6 Å². The van der Waals surface area contributed by atoms with Crippen molar-refractivity contribution in [1.29, 1.82) is 0 Å². The second kappa shape index (κ2) is 5.15. The van der Waals surface area contributed by atoms with E-state index in [4.69, 9.17) is 0 Å². The number of rotatable bonds is 2. The van der Waals surface area contributed by atoms with Gasteiger partial charge in [0.05, 0.1) is 0 Å². The molecule has 1 amide bonds. The Kier molecular flexibility index (Phi) is 4.14. The molecule has 0 spiro atoms. The standard InChI is InChI=1S/C11H20N2O/c1-4-5-10(2)11(14)13-8-6-12(3)7-9-13/h5H,4,6-9H2,1-3H3/b10-5+. The van der Waals surface area contributed by atoms with Crippen LogP contribution in [-0.4, -0.2) is 48.9 Å². The highest BCUT2D eigenvalue weighted by Gasteiger charge is 2.19. The van der Waals surface area contributed by atoms with E-state index in [-0.39, 0.29) is 5.91 Å². The highest BCUT2D eigenvalue weighted by molar-refractivity contribution is 5.92. The summed E-state index contributed by atoms with van der Waals surface area (Å²) in [5, 5.41) is 0. The van der Waals surface area contributed by atoms with E-state index >= 15 is 0 Å². The van der Waals surface area contributed by atoms with Gasteiger partial charge in [-0.05, 0) is 20.4 Å². The molecule has 1 aliphatic heterocycles. The number of allylic oxidation sites excluding steroid dienone is 1. The molecule has 14 heavy (non-hydrogen) atoms. The van der Waals surface area contributed by atoms with E-state index in [1.54, 1.807) is 0 Å². The number of likely N-dealkylation sites (N-methyl/N-ethyl adjacent to an activating group) is 1. The summed E-state index contributed by atoms with van der Waals surface area (Å²) in [7, 11) is 2.09. The van der Waals surface area contributed by atoms with Gasteiger partial charge in [-0.1, -0.05) is 13.0 Å². The number of piperazine rings is 1. The summed E-state index contributed by atoms with van der Waals surface area (Å²) in [5.41, 5.74) is 0.886. The summed E-state index contributed by atoms with van der Waals surface area (Å²) in [6.45, 7) is 7.68. The van der Waals surface area contributed by atoms with E-state index in [1.807, 2.05) is 17.9 Å². The lowest BCUT2D eigenvalue weighted by Crippen LogP contribution is -2.47. The Morgan fingerprint density at radius 2 is 1.86 bits per heavy atom. The van der Waals surface area contributed by atoms with Crippen molar-refractivity contribution < 1.29 is 4.79 Å². The van der Waals surface area contributed by atoms with Crippen LogP contribution in [0.4, 0.5) is 0 Å². The molecule has 0 atom stereocenters. The molecule has 1 rings (SSSR count). The zero-order valence-electron chi connectivity index (χ0n) is 9.42. The smallest absolute Gasteiger partial charge is 0.249 e. The molecule has 0 aromatic heterocycles. The Morgan fingerprint density at radius 1 is 1.29 bits per heavy atom. The third kappa shape index (κ3) is 2.84. The quantitative estimate of drug-likeness (QED) is 0.618. The maximum absolute atomic E-state index is 11.8. The SMILES string of the molecule is CC/C=C(\C)C(=O)N1CCN(C)CC1. The molecule has 0 radical (unpaired) electrons. The summed E-state index contributed by atoms with van der Waals surface area (Å²) < 4.78 is 0. The number of carbonyl (C=O) groups is 1. The topological polar surface area (TPSA) is 23.6 Å². The Morgan fingerprint density at radius 3 is 2.36 bits per heavy atom. The molecule has 0 bridgehead atoms. The van der Waals surface area contributed by atoms with Crippen LogP contribution in [0.2, 0.25) is 0 Å². The molecular weight excluding hydrogens is 176 g/mol. The molecule has 0 aliphatic carbocycles. The molecule has 0 aromatic carbocycles. The maximum atomic E-state index is 11.8. The van der Waals surface area contributed by atoms with Gasteiger partial charge in [0, 0.05) is 31.8 Å². The predicted octanol–water partition coefficient (Wildman–Crippen LogP) is 1.12. The number of carbonyl (C=O) groups excluding carboxylic acids is 1. The first kappa shape index (κ1) is 11.2. The normalized spacial score (nSPS) is 19.9. The van der Waals surface area contributed by atoms with Crippen molar-refractivity contribution in [2.75, 3.05) is 33.2 Å². The van der Waals surface area contributed by atoms with Gasteiger partial charge < -0.3 is 9.80 Å². The van der Waals surface area contributed by atoms with Gasteiger partial charge in [-0.15, -0.1) is 0 Å². The number of nitrogens with zero attached hydrogens (tertiary/aromatic N) is 2. The lowest BCUT2D eigenvalue weighted by molar-refractivity contribution is -0.128. The molecule has 1 aliphatic rings. The van der Waals surface area contributed by atoms with Crippen molar-refractivity contribution in [3.05, 3.63) is 11.6 Å². The average Bonchev–Trinajstić information content (AvgIpc) is 2.18. The fourth-order valence-corrected chi connectivity index (χ4v) is 1.65. The zero-order chi connectivity index (χ0) is 10.6. The Labute approximate surface area is 86.4 Å². The van der Waals surface area contributed by atoms with Crippen molar-refractivity contribution in [2.24, 2.45) is 0 Å². The molecule has 3 heteroatoms. The summed E-state index contributed by atoms with van der Waals surface area (Å²) >= 11 is 0. The van der Waals surface area contributed by atoms with Crippen molar-refractivity contribution in [3.63, 3.8) is 0 Å². The first-order valence-electron chi connectivity index (χ1n) is 5.29. The number of amides is 1. The van der Waals surface area contributed by atoms with E-state index in [0.717, 1.165) is 38.2 Å². The van der Waals surface area contributed by atoms with Crippen LogP contribution in [0.25, 0.3) is 0 Å². The minimum absolute atomic E-state index is 0.208. The molecule has 0 N–H and O–H groups in total. The van der Waals surface area contributed by atoms with Gasteiger partial charge in [0.15, 0.2) is 0 Å². The number of hydrogen-bond acceptors (Lipinski definition) is 2. The predicted molar refractivity (Wildman–Crippen MR) is 58.1 cm³/mol. The van der Waals surface area contributed by atoms with Gasteiger partial charge in [0.1, 0.15) is 0 Å². The van der Waals surface area contributed by atoms with E-state index < -0.39 is 0 Å². The van der Waals surface area contributed by atoms with E-state index in [1.165, 1.54) is 0 Å².